The van der Waals surface area contributed by atoms with Crippen LogP contribution in [0.2, 0.25) is 0 Å². The van der Waals surface area contributed by atoms with Crippen LogP contribution in [0.3, 0.4) is 0 Å². The zero-order valence-electron chi connectivity index (χ0n) is 8.74. The van der Waals surface area contributed by atoms with Crippen LogP contribution >= 0.6 is 11.8 Å². The topological polar surface area (TPSA) is 23.6 Å². The highest BCUT2D eigenvalue weighted by Gasteiger charge is 2.26. The molecule has 80 valence electrons. The standard InChI is InChI=1S/C10H18N2OS/c1-9-8-12(6-7-14-9)10(13)11-4-2-3-5-11/h9H,2-8H2,1H3. The third-order valence-electron chi connectivity index (χ3n) is 2.89. The van der Waals surface area contributed by atoms with E-state index in [1.807, 2.05) is 21.6 Å². The molecule has 2 heterocycles. The molecular formula is C10H18N2OS. The van der Waals surface area contributed by atoms with Gasteiger partial charge in [0.1, 0.15) is 0 Å². The van der Waals surface area contributed by atoms with Crippen molar-refractivity contribution >= 4 is 17.8 Å². The van der Waals surface area contributed by atoms with Crippen LogP contribution in [0.15, 0.2) is 0 Å². The second-order valence-corrected chi connectivity index (χ2v) is 5.65. The highest BCUT2D eigenvalue weighted by atomic mass is 32.2. The number of carbonyl (C=O) groups is 1. The zero-order valence-corrected chi connectivity index (χ0v) is 9.55. The van der Waals surface area contributed by atoms with Crippen LogP contribution in [0, 0.1) is 0 Å². The quantitative estimate of drug-likeness (QED) is 0.612. The molecule has 0 bridgehead atoms. The number of rotatable bonds is 0. The number of thioether (sulfide) groups is 1. The SMILES string of the molecule is CC1CN(C(=O)N2CCCC2)CCS1. The first kappa shape index (κ1) is 10.1. The fourth-order valence-electron chi connectivity index (χ4n) is 2.10. The number of hydrogen-bond donors (Lipinski definition) is 0. The van der Waals surface area contributed by atoms with E-state index in [2.05, 4.69) is 6.92 Å². The molecule has 0 spiro atoms. The van der Waals surface area contributed by atoms with Gasteiger partial charge >= 0.3 is 6.03 Å². The molecule has 14 heavy (non-hydrogen) atoms. The molecule has 3 nitrogen and oxygen atoms in total. The van der Waals surface area contributed by atoms with Gasteiger partial charge in [0.2, 0.25) is 0 Å². The van der Waals surface area contributed by atoms with E-state index in [1.54, 1.807) is 0 Å². The van der Waals surface area contributed by atoms with E-state index in [9.17, 15) is 4.79 Å². The highest BCUT2D eigenvalue weighted by molar-refractivity contribution is 7.99. The third-order valence-corrected chi connectivity index (χ3v) is 4.02. The Morgan fingerprint density at radius 3 is 2.57 bits per heavy atom. The molecule has 2 aliphatic rings. The second-order valence-electron chi connectivity index (χ2n) is 4.10. The molecule has 2 amide bonds. The minimum absolute atomic E-state index is 0.273. The van der Waals surface area contributed by atoms with Gasteiger partial charge in [-0.05, 0) is 12.8 Å². The van der Waals surface area contributed by atoms with Crippen LogP contribution in [0.25, 0.3) is 0 Å². The lowest BCUT2D eigenvalue weighted by atomic mass is 10.4. The van der Waals surface area contributed by atoms with Crippen molar-refractivity contribution in [3.05, 3.63) is 0 Å². The van der Waals surface area contributed by atoms with Crippen molar-refractivity contribution in [3.63, 3.8) is 0 Å². The molecule has 2 saturated heterocycles. The Labute approximate surface area is 89.8 Å². The Morgan fingerprint density at radius 2 is 1.93 bits per heavy atom. The second kappa shape index (κ2) is 4.43. The van der Waals surface area contributed by atoms with Crippen LogP contribution in [-0.2, 0) is 0 Å². The Kier molecular flexibility index (Phi) is 3.21. The van der Waals surface area contributed by atoms with Gasteiger partial charge < -0.3 is 9.80 Å². The van der Waals surface area contributed by atoms with Crippen molar-refractivity contribution in [3.8, 4) is 0 Å². The number of hydrogen-bond acceptors (Lipinski definition) is 2. The summed E-state index contributed by atoms with van der Waals surface area (Å²) in [5.74, 6) is 1.10. The van der Waals surface area contributed by atoms with E-state index in [-0.39, 0.29) is 6.03 Å². The highest BCUT2D eigenvalue weighted by Crippen LogP contribution is 2.20. The lowest BCUT2D eigenvalue weighted by molar-refractivity contribution is 0.164. The fraction of sp³-hybridized carbons (Fsp3) is 0.900. The average Bonchev–Trinajstić information content (AvgIpc) is 2.69. The molecule has 0 radical (unpaired) electrons. The molecule has 1 unspecified atom stereocenters. The molecule has 0 aromatic rings. The molecule has 0 N–H and O–H groups in total. The summed E-state index contributed by atoms with van der Waals surface area (Å²) in [5, 5.41) is 0.607. The summed E-state index contributed by atoms with van der Waals surface area (Å²) in [6.45, 7) is 6.01. The molecule has 0 aromatic heterocycles. The van der Waals surface area contributed by atoms with Gasteiger partial charge in [0.25, 0.3) is 0 Å². The number of nitrogens with zero attached hydrogens (tertiary/aromatic N) is 2. The van der Waals surface area contributed by atoms with E-state index in [0.717, 1.165) is 31.9 Å². The maximum absolute atomic E-state index is 12.0. The van der Waals surface area contributed by atoms with Gasteiger partial charge in [-0.3, -0.25) is 0 Å². The van der Waals surface area contributed by atoms with Crippen molar-refractivity contribution in [1.29, 1.82) is 0 Å². The molecular weight excluding hydrogens is 196 g/mol. The molecule has 2 rings (SSSR count). The predicted octanol–water partition coefficient (Wildman–Crippen LogP) is 1.64. The fourth-order valence-corrected chi connectivity index (χ4v) is 3.11. The van der Waals surface area contributed by atoms with E-state index in [1.165, 1.54) is 12.8 Å². The summed E-state index contributed by atoms with van der Waals surface area (Å²) < 4.78 is 0. The number of carbonyl (C=O) groups excluding carboxylic acids is 1. The van der Waals surface area contributed by atoms with E-state index >= 15 is 0 Å². The van der Waals surface area contributed by atoms with Gasteiger partial charge in [0.15, 0.2) is 0 Å². The first-order valence-corrected chi connectivity index (χ1v) is 6.47. The smallest absolute Gasteiger partial charge is 0.320 e. The maximum atomic E-state index is 12.0. The van der Waals surface area contributed by atoms with Crippen molar-refractivity contribution in [2.45, 2.75) is 25.0 Å². The van der Waals surface area contributed by atoms with E-state index in [0.29, 0.717) is 5.25 Å². The summed E-state index contributed by atoms with van der Waals surface area (Å²) in [6, 6.07) is 0.273. The number of urea groups is 1. The van der Waals surface area contributed by atoms with E-state index < -0.39 is 0 Å². The van der Waals surface area contributed by atoms with Crippen molar-refractivity contribution < 1.29 is 4.79 Å². The third kappa shape index (κ3) is 2.16. The first-order valence-electron chi connectivity index (χ1n) is 5.43. The van der Waals surface area contributed by atoms with Crippen molar-refractivity contribution in [2.75, 3.05) is 31.9 Å². The molecule has 0 aliphatic carbocycles. The van der Waals surface area contributed by atoms with Gasteiger partial charge in [-0.15, -0.1) is 0 Å². The lowest BCUT2D eigenvalue weighted by Gasteiger charge is -2.33. The van der Waals surface area contributed by atoms with Crippen LogP contribution in [-0.4, -0.2) is 53.0 Å². The largest absolute Gasteiger partial charge is 0.325 e. The predicted molar refractivity (Wildman–Crippen MR) is 59.7 cm³/mol. The van der Waals surface area contributed by atoms with Gasteiger partial charge in [-0.1, -0.05) is 6.92 Å². The van der Waals surface area contributed by atoms with Crippen molar-refractivity contribution in [1.82, 2.24) is 9.80 Å². The lowest BCUT2D eigenvalue weighted by Crippen LogP contribution is -2.47. The molecule has 0 aromatic carbocycles. The summed E-state index contributed by atoms with van der Waals surface area (Å²) in [6.07, 6.45) is 2.37. The van der Waals surface area contributed by atoms with Gasteiger partial charge in [-0.2, -0.15) is 11.8 Å². The summed E-state index contributed by atoms with van der Waals surface area (Å²) in [5.41, 5.74) is 0. The summed E-state index contributed by atoms with van der Waals surface area (Å²) in [7, 11) is 0. The Morgan fingerprint density at radius 1 is 1.21 bits per heavy atom. The summed E-state index contributed by atoms with van der Waals surface area (Å²) in [4.78, 5) is 16.0. The monoisotopic (exact) mass is 214 g/mol. The molecule has 2 aliphatic heterocycles. The number of likely N-dealkylation sites (tertiary alicyclic amines) is 1. The Hall–Kier alpha value is -0.380. The van der Waals surface area contributed by atoms with Gasteiger partial charge in [-0.25, -0.2) is 4.79 Å². The van der Waals surface area contributed by atoms with Crippen LogP contribution in [0.1, 0.15) is 19.8 Å². The van der Waals surface area contributed by atoms with Gasteiger partial charge in [0.05, 0.1) is 0 Å². The molecule has 0 saturated carbocycles. The normalized spacial score (nSPS) is 28.2. The van der Waals surface area contributed by atoms with E-state index in [4.69, 9.17) is 0 Å². The minimum atomic E-state index is 0.273. The Balaban J connectivity index is 1.89. The molecule has 1 atom stereocenters. The van der Waals surface area contributed by atoms with Crippen LogP contribution in [0.5, 0.6) is 0 Å². The average molecular weight is 214 g/mol. The van der Waals surface area contributed by atoms with Gasteiger partial charge in [0, 0.05) is 37.2 Å². The van der Waals surface area contributed by atoms with Crippen molar-refractivity contribution in [2.24, 2.45) is 0 Å². The van der Waals surface area contributed by atoms with Crippen LogP contribution < -0.4 is 0 Å². The first-order chi connectivity index (χ1) is 6.77. The number of amides is 2. The Bertz CT molecular complexity index is 216. The molecule has 4 heteroatoms. The summed E-state index contributed by atoms with van der Waals surface area (Å²) >= 11 is 1.97. The van der Waals surface area contributed by atoms with Crippen LogP contribution in [0.4, 0.5) is 4.79 Å². The minimum Gasteiger partial charge on any atom is -0.325 e. The maximum Gasteiger partial charge on any atom is 0.320 e. The zero-order chi connectivity index (χ0) is 9.97. The molecule has 2 fully saturated rings.